The van der Waals surface area contributed by atoms with Gasteiger partial charge in [-0.25, -0.2) is 0 Å². The monoisotopic (exact) mass is 223 g/mol. The van der Waals surface area contributed by atoms with E-state index in [2.05, 4.69) is 5.16 Å². The van der Waals surface area contributed by atoms with E-state index in [0.29, 0.717) is 13.2 Å². The number of oxime groups is 1. The van der Waals surface area contributed by atoms with Gasteiger partial charge < -0.3 is 14.3 Å². The third-order valence-corrected chi connectivity index (χ3v) is 1.75. The molecule has 4 nitrogen and oxygen atoms in total. The fourth-order valence-corrected chi connectivity index (χ4v) is 1.06. The number of benzene rings is 1. The molecule has 1 aromatic carbocycles. The van der Waals surface area contributed by atoms with Gasteiger partial charge in [0.25, 0.3) is 0 Å². The SMILES string of the molecule is CCOC(OCC)O/N=C/c1ccccc1. The van der Waals surface area contributed by atoms with Crippen LogP contribution in [0.15, 0.2) is 35.5 Å². The van der Waals surface area contributed by atoms with Crippen LogP contribution in [0.5, 0.6) is 0 Å². The summed E-state index contributed by atoms with van der Waals surface area (Å²) in [5.41, 5.74) is 0.967. The van der Waals surface area contributed by atoms with Crippen LogP contribution in [-0.4, -0.2) is 25.9 Å². The van der Waals surface area contributed by atoms with Gasteiger partial charge in [-0.1, -0.05) is 35.5 Å². The number of hydrogen-bond acceptors (Lipinski definition) is 4. The summed E-state index contributed by atoms with van der Waals surface area (Å²) in [5, 5.41) is 3.80. The first kappa shape index (κ1) is 12.7. The van der Waals surface area contributed by atoms with Crippen LogP contribution in [0, 0.1) is 0 Å². The van der Waals surface area contributed by atoms with Crippen molar-refractivity contribution < 1.29 is 14.3 Å². The summed E-state index contributed by atoms with van der Waals surface area (Å²) in [7, 11) is 0. The molecule has 0 fully saturated rings. The molecule has 1 rings (SSSR count). The molecular weight excluding hydrogens is 206 g/mol. The maximum absolute atomic E-state index is 5.16. The van der Waals surface area contributed by atoms with E-state index in [1.165, 1.54) is 0 Å². The molecule has 0 aliphatic rings. The Balaban J connectivity index is 2.39. The van der Waals surface area contributed by atoms with Gasteiger partial charge in [-0.2, -0.15) is 0 Å². The Labute approximate surface area is 95.8 Å². The summed E-state index contributed by atoms with van der Waals surface area (Å²) >= 11 is 0. The molecule has 0 unspecified atom stereocenters. The normalized spacial score (nSPS) is 11.2. The summed E-state index contributed by atoms with van der Waals surface area (Å²) in [4.78, 5) is 5.05. The zero-order valence-corrected chi connectivity index (χ0v) is 9.63. The Hall–Kier alpha value is -1.39. The van der Waals surface area contributed by atoms with Crippen LogP contribution < -0.4 is 0 Å². The molecule has 0 bridgehead atoms. The van der Waals surface area contributed by atoms with Gasteiger partial charge in [-0.05, 0) is 19.4 Å². The van der Waals surface area contributed by atoms with Crippen molar-refractivity contribution in [1.82, 2.24) is 0 Å². The molecule has 0 amide bonds. The summed E-state index contributed by atoms with van der Waals surface area (Å²) in [6, 6.07) is 9.68. The molecule has 88 valence electrons. The van der Waals surface area contributed by atoms with Crippen molar-refractivity contribution >= 4 is 6.21 Å². The molecule has 0 N–H and O–H groups in total. The molecule has 0 atom stereocenters. The van der Waals surface area contributed by atoms with Gasteiger partial charge in [0.2, 0.25) is 0 Å². The molecule has 0 saturated heterocycles. The lowest BCUT2D eigenvalue weighted by Crippen LogP contribution is -2.18. The van der Waals surface area contributed by atoms with E-state index in [1.54, 1.807) is 6.21 Å². The smallest absolute Gasteiger partial charge is 0.335 e. The van der Waals surface area contributed by atoms with Gasteiger partial charge in [0, 0.05) is 0 Å². The number of nitrogens with zero attached hydrogens (tertiary/aromatic N) is 1. The molecule has 0 saturated carbocycles. The van der Waals surface area contributed by atoms with Crippen molar-refractivity contribution in [2.24, 2.45) is 5.16 Å². The van der Waals surface area contributed by atoms with E-state index in [0.717, 1.165) is 5.56 Å². The Kier molecular flexibility index (Phi) is 6.22. The van der Waals surface area contributed by atoms with Crippen LogP contribution in [0.25, 0.3) is 0 Å². The molecule has 16 heavy (non-hydrogen) atoms. The van der Waals surface area contributed by atoms with Crippen LogP contribution in [0.1, 0.15) is 19.4 Å². The molecule has 0 aliphatic carbocycles. The molecule has 4 heteroatoms. The highest BCUT2D eigenvalue weighted by atomic mass is 16.9. The molecule has 0 aliphatic heterocycles. The van der Waals surface area contributed by atoms with Gasteiger partial charge in [0.05, 0.1) is 19.4 Å². The second-order valence-electron chi connectivity index (χ2n) is 2.95. The van der Waals surface area contributed by atoms with Crippen molar-refractivity contribution in [3.8, 4) is 0 Å². The highest BCUT2D eigenvalue weighted by Gasteiger charge is 2.06. The third-order valence-electron chi connectivity index (χ3n) is 1.75. The van der Waals surface area contributed by atoms with Crippen molar-refractivity contribution in [1.29, 1.82) is 0 Å². The maximum atomic E-state index is 5.16. The first-order valence-corrected chi connectivity index (χ1v) is 5.34. The lowest BCUT2D eigenvalue weighted by molar-refractivity contribution is -0.285. The zero-order chi connectivity index (χ0) is 11.6. The van der Waals surface area contributed by atoms with Gasteiger partial charge in [-0.3, -0.25) is 0 Å². The van der Waals surface area contributed by atoms with E-state index < -0.39 is 6.48 Å². The van der Waals surface area contributed by atoms with Gasteiger partial charge in [0.1, 0.15) is 0 Å². The van der Waals surface area contributed by atoms with Gasteiger partial charge >= 0.3 is 6.48 Å². The fraction of sp³-hybridized carbons (Fsp3) is 0.417. The topological polar surface area (TPSA) is 40.0 Å². The highest BCUT2D eigenvalue weighted by Crippen LogP contribution is 1.99. The lowest BCUT2D eigenvalue weighted by atomic mass is 10.2. The fourth-order valence-electron chi connectivity index (χ4n) is 1.06. The average molecular weight is 223 g/mol. The molecule has 0 radical (unpaired) electrons. The van der Waals surface area contributed by atoms with Crippen molar-refractivity contribution in [3.63, 3.8) is 0 Å². The number of rotatable bonds is 7. The van der Waals surface area contributed by atoms with Gasteiger partial charge in [0.15, 0.2) is 0 Å². The average Bonchev–Trinajstić information content (AvgIpc) is 2.31. The highest BCUT2D eigenvalue weighted by molar-refractivity contribution is 5.78. The number of ether oxygens (including phenoxy) is 2. The van der Waals surface area contributed by atoms with Crippen LogP contribution >= 0.6 is 0 Å². The maximum Gasteiger partial charge on any atom is 0.339 e. The summed E-state index contributed by atoms with van der Waals surface area (Å²) in [6.45, 7) is 4.05. The molecule has 1 aromatic rings. The predicted octanol–water partition coefficient (Wildman–Crippen LogP) is 2.39. The molecule has 0 spiro atoms. The standard InChI is InChI=1S/C12H17NO3/c1-3-14-12(15-4-2)16-13-10-11-8-6-5-7-9-11/h5-10,12H,3-4H2,1-2H3/b13-10+. The molecule has 0 heterocycles. The molecule has 0 aromatic heterocycles. The molecular formula is C12H17NO3. The van der Waals surface area contributed by atoms with E-state index in [-0.39, 0.29) is 0 Å². The minimum Gasteiger partial charge on any atom is -0.335 e. The predicted molar refractivity (Wildman–Crippen MR) is 62.2 cm³/mol. The first-order chi connectivity index (χ1) is 7.86. The van der Waals surface area contributed by atoms with Crippen LogP contribution in [0.2, 0.25) is 0 Å². The van der Waals surface area contributed by atoms with E-state index in [9.17, 15) is 0 Å². The third kappa shape index (κ3) is 4.91. The van der Waals surface area contributed by atoms with Crippen molar-refractivity contribution in [2.75, 3.05) is 13.2 Å². The van der Waals surface area contributed by atoms with Crippen molar-refractivity contribution in [3.05, 3.63) is 35.9 Å². The largest absolute Gasteiger partial charge is 0.339 e. The zero-order valence-electron chi connectivity index (χ0n) is 9.63. The summed E-state index contributed by atoms with van der Waals surface area (Å²) < 4.78 is 10.3. The Morgan fingerprint density at radius 2 is 1.75 bits per heavy atom. The van der Waals surface area contributed by atoms with Crippen molar-refractivity contribution in [2.45, 2.75) is 20.3 Å². The number of hydrogen-bond donors (Lipinski definition) is 0. The Bertz CT molecular complexity index is 294. The van der Waals surface area contributed by atoms with Gasteiger partial charge in [-0.15, -0.1) is 0 Å². The summed E-state index contributed by atoms with van der Waals surface area (Å²) in [6.07, 6.45) is 1.62. The lowest BCUT2D eigenvalue weighted by Gasteiger charge is -2.13. The second kappa shape index (κ2) is 7.84. The minimum atomic E-state index is -0.727. The quantitative estimate of drug-likeness (QED) is 0.405. The minimum absolute atomic E-state index is 0.519. The summed E-state index contributed by atoms with van der Waals surface area (Å²) in [5.74, 6) is 0. The van der Waals surface area contributed by atoms with E-state index in [1.807, 2.05) is 44.2 Å². The Morgan fingerprint density at radius 3 is 2.31 bits per heavy atom. The van der Waals surface area contributed by atoms with Crippen LogP contribution in [0.3, 0.4) is 0 Å². The second-order valence-corrected chi connectivity index (χ2v) is 2.95. The van der Waals surface area contributed by atoms with Crippen LogP contribution in [0.4, 0.5) is 0 Å². The van der Waals surface area contributed by atoms with E-state index >= 15 is 0 Å². The van der Waals surface area contributed by atoms with Crippen LogP contribution in [-0.2, 0) is 14.3 Å². The first-order valence-electron chi connectivity index (χ1n) is 5.34. The Morgan fingerprint density at radius 1 is 1.12 bits per heavy atom. The van der Waals surface area contributed by atoms with E-state index in [4.69, 9.17) is 14.3 Å².